The van der Waals surface area contributed by atoms with Gasteiger partial charge in [0.15, 0.2) is 0 Å². The second-order valence-corrected chi connectivity index (χ2v) is 4.87. The molecule has 4 nitrogen and oxygen atoms in total. The van der Waals surface area contributed by atoms with Gasteiger partial charge < -0.3 is 5.32 Å². The fourth-order valence-electron chi connectivity index (χ4n) is 0.789. The van der Waals surface area contributed by atoms with E-state index in [2.05, 4.69) is 10.8 Å². The molecule has 0 aromatic carbocycles. The molecule has 4 heteroatoms. The zero-order valence-corrected chi connectivity index (χ0v) is 10.7. The summed E-state index contributed by atoms with van der Waals surface area (Å²) >= 11 is 0. The first-order valence-electron chi connectivity index (χ1n) is 5.50. The van der Waals surface area contributed by atoms with Gasteiger partial charge in [0.25, 0.3) is 0 Å². The van der Waals surface area contributed by atoms with Crippen molar-refractivity contribution in [1.82, 2.24) is 10.8 Å². The first-order chi connectivity index (χ1) is 6.76. The Morgan fingerprint density at radius 1 is 1.33 bits per heavy atom. The molecular formula is C11H24N2O2. The molecule has 0 saturated heterocycles. The maximum absolute atomic E-state index is 11.6. The van der Waals surface area contributed by atoms with Crippen LogP contribution in [-0.2, 0) is 9.63 Å². The van der Waals surface area contributed by atoms with Crippen molar-refractivity contribution < 1.29 is 9.63 Å². The first kappa shape index (κ1) is 14.4. The van der Waals surface area contributed by atoms with Crippen molar-refractivity contribution in [2.24, 2.45) is 0 Å². The Hall–Kier alpha value is -0.610. The minimum Gasteiger partial charge on any atom is -0.352 e. The molecule has 0 aliphatic rings. The third kappa shape index (κ3) is 7.33. The molecule has 0 rings (SSSR count). The molecule has 1 amide bonds. The van der Waals surface area contributed by atoms with Crippen molar-refractivity contribution in [3.8, 4) is 0 Å². The zero-order valence-electron chi connectivity index (χ0n) is 10.7. The fourth-order valence-corrected chi connectivity index (χ4v) is 0.789. The van der Waals surface area contributed by atoms with Crippen LogP contribution in [0.15, 0.2) is 0 Å². The number of amides is 1. The molecule has 0 aromatic heterocycles. The van der Waals surface area contributed by atoms with Gasteiger partial charge in [-0.25, -0.2) is 0 Å². The highest BCUT2D eigenvalue weighted by atomic mass is 16.7. The largest absolute Gasteiger partial charge is 0.352 e. The quantitative estimate of drug-likeness (QED) is 0.686. The summed E-state index contributed by atoms with van der Waals surface area (Å²) in [4.78, 5) is 16.9. The van der Waals surface area contributed by atoms with Crippen molar-refractivity contribution in [3.05, 3.63) is 0 Å². The van der Waals surface area contributed by atoms with E-state index in [-0.39, 0.29) is 23.6 Å². The van der Waals surface area contributed by atoms with Gasteiger partial charge >= 0.3 is 0 Å². The second-order valence-electron chi connectivity index (χ2n) is 4.87. The van der Waals surface area contributed by atoms with Crippen LogP contribution in [0.1, 0.15) is 48.0 Å². The van der Waals surface area contributed by atoms with Crippen LogP contribution in [0.5, 0.6) is 0 Å². The Bertz CT molecular complexity index is 199. The lowest BCUT2D eigenvalue weighted by atomic mass is 10.2. The van der Waals surface area contributed by atoms with Crippen LogP contribution >= 0.6 is 0 Å². The summed E-state index contributed by atoms with van der Waals surface area (Å²) in [5.41, 5.74) is 2.45. The van der Waals surface area contributed by atoms with E-state index >= 15 is 0 Å². The van der Waals surface area contributed by atoms with E-state index in [4.69, 9.17) is 4.84 Å². The highest BCUT2D eigenvalue weighted by molar-refractivity contribution is 5.81. The zero-order chi connectivity index (χ0) is 12.1. The van der Waals surface area contributed by atoms with E-state index in [1.807, 2.05) is 34.6 Å². The molecule has 0 aliphatic carbocycles. The van der Waals surface area contributed by atoms with Gasteiger partial charge in [0.2, 0.25) is 5.91 Å². The van der Waals surface area contributed by atoms with E-state index in [1.165, 1.54) is 0 Å². The summed E-state index contributed by atoms with van der Waals surface area (Å²) in [5.74, 6) is -0.0337. The van der Waals surface area contributed by atoms with E-state index in [9.17, 15) is 4.79 Å². The van der Waals surface area contributed by atoms with Gasteiger partial charge in [-0.2, -0.15) is 5.48 Å². The Morgan fingerprint density at radius 2 is 1.87 bits per heavy atom. The van der Waals surface area contributed by atoms with E-state index in [0.717, 1.165) is 6.42 Å². The number of nitrogens with one attached hydrogen (secondary N) is 2. The number of rotatable bonds is 5. The molecule has 0 spiro atoms. The Morgan fingerprint density at radius 3 is 2.27 bits per heavy atom. The monoisotopic (exact) mass is 216 g/mol. The molecule has 0 heterocycles. The van der Waals surface area contributed by atoms with Gasteiger partial charge in [-0.3, -0.25) is 9.63 Å². The molecule has 2 unspecified atom stereocenters. The number of carbonyl (C=O) groups is 1. The lowest BCUT2D eigenvalue weighted by molar-refractivity contribution is -0.134. The second kappa shape index (κ2) is 6.08. The van der Waals surface area contributed by atoms with Gasteiger partial charge in [-0.05, 0) is 41.0 Å². The predicted molar refractivity (Wildman–Crippen MR) is 61.3 cm³/mol. The third-order valence-corrected chi connectivity index (χ3v) is 1.94. The average Bonchev–Trinajstić information content (AvgIpc) is 2.12. The summed E-state index contributed by atoms with van der Waals surface area (Å²) in [6.45, 7) is 11.6. The summed E-state index contributed by atoms with van der Waals surface area (Å²) in [5, 5.41) is 2.88. The minimum absolute atomic E-state index is 0.0337. The van der Waals surface area contributed by atoms with Crippen molar-refractivity contribution in [2.45, 2.75) is 65.6 Å². The third-order valence-electron chi connectivity index (χ3n) is 1.94. The van der Waals surface area contributed by atoms with Crippen LogP contribution in [0, 0.1) is 0 Å². The average molecular weight is 216 g/mol. The highest BCUT2D eigenvalue weighted by Crippen LogP contribution is 2.04. The van der Waals surface area contributed by atoms with Gasteiger partial charge in [0.05, 0.1) is 5.60 Å². The van der Waals surface area contributed by atoms with Crippen molar-refractivity contribution in [1.29, 1.82) is 0 Å². The normalized spacial score (nSPS) is 15.9. The topological polar surface area (TPSA) is 50.4 Å². The fraction of sp³-hybridized carbons (Fsp3) is 0.909. The van der Waals surface area contributed by atoms with E-state index in [1.54, 1.807) is 6.92 Å². The van der Waals surface area contributed by atoms with Gasteiger partial charge in [-0.15, -0.1) is 0 Å². The maximum atomic E-state index is 11.6. The molecule has 0 fully saturated rings. The Balaban J connectivity index is 3.89. The predicted octanol–water partition coefficient (Wildman–Crippen LogP) is 1.61. The molecule has 0 aliphatic heterocycles. The number of hydroxylamine groups is 1. The van der Waals surface area contributed by atoms with Crippen LogP contribution in [0.4, 0.5) is 0 Å². The van der Waals surface area contributed by atoms with Crippen LogP contribution in [-0.4, -0.2) is 23.6 Å². The molecule has 2 N–H and O–H groups in total. The molecule has 2 atom stereocenters. The summed E-state index contributed by atoms with van der Waals surface area (Å²) in [7, 11) is 0. The van der Waals surface area contributed by atoms with Gasteiger partial charge in [0.1, 0.15) is 6.04 Å². The van der Waals surface area contributed by atoms with E-state index in [0.29, 0.717) is 0 Å². The molecule has 0 radical (unpaired) electrons. The summed E-state index contributed by atoms with van der Waals surface area (Å²) < 4.78 is 0. The standard InChI is InChI=1S/C11H24N2O2/c1-7-8(2)12-10(14)9(3)13-15-11(4,5)6/h8-9,13H,7H2,1-6H3,(H,12,14). The Labute approximate surface area is 92.7 Å². The van der Waals surface area contributed by atoms with Crippen molar-refractivity contribution in [2.75, 3.05) is 0 Å². The molecule has 15 heavy (non-hydrogen) atoms. The highest BCUT2D eigenvalue weighted by Gasteiger charge is 2.18. The van der Waals surface area contributed by atoms with Gasteiger partial charge in [-0.1, -0.05) is 6.92 Å². The smallest absolute Gasteiger partial charge is 0.239 e. The number of carbonyl (C=O) groups excluding carboxylic acids is 1. The Kier molecular flexibility index (Phi) is 5.83. The van der Waals surface area contributed by atoms with E-state index < -0.39 is 0 Å². The molecule has 0 bridgehead atoms. The van der Waals surface area contributed by atoms with Crippen LogP contribution in [0.3, 0.4) is 0 Å². The maximum Gasteiger partial charge on any atom is 0.239 e. The molecule has 0 saturated carbocycles. The number of hydrogen-bond donors (Lipinski definition) is 2. The van der Waals surface area contributed by atoms with Crippen LogP contribution < -0.4 is 10.8 Å². The first-order valence-corrected chi connectivity index (χ1v) is 5.50. The van der Waals surface area contributed by atoms with Crippen molar-refractivity contribution >= 4 is 5.91 Å². The molecule has 0 aromatic rings. The number of hydrogen-bond acceptors (Lipinski definition) is 3. The van der Waals surface area contributed by atoms with Crippen molar-refractivity contribution in [3.63, 3.8) is 0 Å². The molecular weight excluding hydrogens is 192 g/mol. The van der Waals surface area contributed by atoms with Crippen LogP contribution in [0.2, 0.25) is 0 Å². The molecule has 90 valence electrons. The minimum atomic E-state index is -0.335. The summed E-state index contributed by atoms with van der Waals surface area (Å²) in [6, 6.07) is -0.130. The van der Waals surface area contributed by atoms with Crippen LogP contribution in [0.25, 0.3) is 0 Å². The lowest BCUT2D eigenvalue weighted by Gasteiger charge is -2.23. The van der Waals surface area contributed by atoms with Gasteiger partial charge in [0, 0.05) is 6.04 Å². The lowest BCUT2D eigenvalue weighted by Crippen LogP contribution is -2.47. The summed E-state index contributed by atoms with van der Waals surface area (Å²) in [6.07, 6.45) is 0.929. The SMILES string of the molecule is CCC(C)NC(=O)C(C)NOC(C)(C)C.